The maximum Gasteiger partial charge on any atom is 0.0795 e. The predicted molar refractivity (Wildman–Crippen MR) is 64.3 cm³/mol. The molecular weight excluding hydrogens is 198 g/mol. The van der Waals surface area contributed by atoms with Crippen LogP contribution in [0.2, 0.25) is 0 Å². The van der Waals surface area contributed by atoms with Gasteiger partial charge in [0.05, 0.1) is 11.7 Å². The Bertz CT molecular complexity index is 375. The first-order valence-corrected chi connectivity index (χ1v) is 6.69. The van der Waals surface area contributed by atoms with Crippen molar-refractivity contribution in [3.63, 3.8) is 0 Å². The van der Waals surface area contributed by atoms with E-state index in [-0.39, 0.29) is 0 Å². The van der Waals surface area contributed by atoms with Gasteiger partial charge in [-0.3, -0.25) is 4.68 Å². The van der Waals surface area contributed by atoms with Crippen LogP contribution in [0.25, 0.3) is 0 Å². The fraction of sp³-hybridized carbons (Fsp3) is 0.769. The van der Waals surface area contributed by atoms with Crippen molar-refractivity contribution in [2.45, 2.75) is 64.0 Å². The molecule has 88 valence electrons. The Hall–Kier alpha value is -0.830. The van der Waals surface area contributed by atoms with Gasteiger partial charge in [-0.2, -0.15) is 5.10 Å². The number of aromatic nitrogens is 2. The first kappa shape index (κ1) is 10.3. The minimum Gasteiger partial charge on any atom is -0.325 e. The van der Waals surface area contributed by atoms with E-state index < -0.39 is 0 Å². The first-order valence-electron chi connectivity index (χ1n) is 6.69. The summed E-state index contributed by atoms with van der Waals surface area (Å²) in [4.78, 5) is 0. The van der Waals surface area contributed by atoms with Gasteiger partial charge in [0.2, 0.25) is 0 Å². The smallest absolute Gasteiger partial charge is 0.0795 e. The van der Waals surface area contributed by atoms with Gasteiger partial charge >= 0.3 is 0 Å². The van der Waals surface area contributed by atoms with Gasteiger partial charge < -0.3 is 5.73 Å². The molecule has 1 aromatic heterocycles. The van der Waals surface area contributed by atoms with E-state index in [0.717, 1.165) is 5.69 Å². The summed E-state index contributed by atoms with van der Waals surface area (Å²) in [6.45, 7) is 0.613. The molecule has 0 aliphatic heterocycles. The molecule has 1 aromatic rings. The zero-order valence-corrected chi connectivity index (χ0v) is 9.91. The minimum atomic E-state index is 0.613. The summed E-state index contributed by atoms with van der Waals surface area (Å²) >= 11 is 0. The summed E-state index contributed by atoms with van der Waals surface area (Å²) in [6, 6.07) is 0.667. The molecule has 0 radical (unpaired) electrons. The Morgan fingerprint density at radius 3 is 2.69 bits per heavy atom. The van der Waals surface area contributed by atoms with Crippen LogP contribution in [-0.2, 0) is 19.4 Å². The van der Waals surface area contributed by atoms with E-state index in [2.05, 4.69) is 4.68 Å². The van der Waals surface area contributed by atoms with Crippen molar-refractivity contribution in [3.8, 4) is 0 Å². The summed E-state index contributed by atoms with van der Waals surface area (Å²) in [6.07, 6.45) is 10.5. The zero-order chi connectivity index (χ0) is 11.0. The molecule has 1 saturated carbocycles. The Kier molecular flexibility index (Phi) is 2.72. The summed E-state index contributed by atoms with van der Waals surface area (Å²) in [5, 5.41) is 4.77. The number of fused-ring (bicyclic) bond motifs is 1. The number of hydrogen-bond donors (Lipinski definition) is 1. The number of nitrogens with two attached hydrogens (primary N) is 1. The standard InChI is InChI=1S/C13H21N3/c14-9-12-11-7-4-8-13(11)16(15-12)10-5-2-1-3-6-10/h10H,1-9,14H2. The van der Waals surface area contributed by atoms with Gasteiger partial charge in [-0.05, 0) is 37.7 Å². The normalized spacial score (nSPS) is 21.3. The minimum absolute atomic E-state index is 0.613. The predicted octanol–water partition coefficient (Wildman–Crippen LogP) is 2.34. The Morgan fingerprint density at radius 2 is 1.94 bits per heavy atom. The summed E-state index contributed by atoms with van der Waals surface area (Å²) < 4.78 is 2.34. The largest absolute Gasteiger partial charge is 0.325 e. The lowest BCUT2D eigenvalue weighted by molar-refractivity contribution is 0.321. The van der Waals surface area contributed by atoms with Crippen LogP contribution < -0.4 is 5.73 Å². The van der Waals surface area contributed by atoms with Crippen LogP contribution >= 0.6 is 0 Å². The third-order valence-corrected chi connectivity index (χ3v) is 4.16. The number of rotatable bonds is 2. The number of nitrogens with zero attached hydrogens (tertiary/aromatic N) is 2. The maximum atomic E-state index is 5.79. The van der Waals surface area contributed by atoms with Gasteiger partial charge in [-0.15, -0.1) is 0 Å². The van der Waals surface area contributed by atoms with Crippen LogP contribution in [0.3, 0.4) is 0 Å². The molecule has 0 spiro atoms. The van der Waals surface area contributed by atoms with E-state index >= 15 is 0 Å². The van der Waals surface area contributed by atoms with Gasteiger partial charge in [0.25, 0.3) is 0 Å². The molecule has 0 aromatic carbocycles. The summed E-state index contributed by atoms with van der Waals surface area (Å²) in [5.41, 5.74) is 9.94. The van der Waals surface area contributed by atoms with Gasteiger partial charge in [0, 0.05) is 12.2 Å². The van der Waals surface area contributed by atoms with Crippen molar-refractivity contribution in [1.82, 2.24) is 9.78 Å². The van der Waals surface area contributed by atoms with E-state index in [4.69, 9.17) is 10.8 Å². The van der Waals surface area contributed by atoms with Crippen LogP contribution in [0.4, 0.5) is 0 Å². The van der Waals surface area contributed by atoms with Gasteiger partial charge in [-0.25, -0.2) is 0 Å². The topological polar surface area (TPSA) is 43.8 Å². The van der Waals surface area contributed by atoms with Crippen molar-refractivity contribution in [3.05, 3.63) is 17.0 Å². The molecule has 0 unspecified atom stereocenters. The highest BCUT2D eigenvalue weighted by molar-refractivity contribution is 5.31. The van der Waals surface area contributed by atoms with Gasteiger partial charge in [0.1, 0.15) is 0 Å². The summed E-state index contributed by atoms with van der Waals surface area (Å²) in [7, 11) is 0. The van der Waals surface area contributed by atoms with Crippen molar-refractivity contribution in [2.75, 3.05) is 0 Å². The fourth-order valence-corrected chi connectivity index (χ4v) is 3.33. The molecule has 16 heavy (non-hydrogen) atoms. The van der Waals surface area contributed by atoms with Crippen molar-refractivity contribution in [1.29, 1.82) is 0 Å². The Morgan fingerprint density at radius 1 is 1.12 bits per heavy atom. The molecule has 1 heterocycles. The molecule has 3 nitrogen and oxygen atoms in total. The second kappa shape index (κ2) is 4.21. The lowest BCUT2D eigenvalue weighted by Gasteiger charge is -2.23. The lowest BCUT2D eigenvalue weighted by Crippen LogP contribution is -2.16. The van der Waals surface area contributed by atoms with E-state index in [1.54, 1.807) is 0 Å². The van der Waals surface area contributed by atoms with E-state index in [1.165, 1.54) is 62.6 Å². The molecule has 0 amide bonds. The molecule has 0 atom stereocenters. The highest BCUT2D eigenvalue weighted by Gasteiger charge is 2.26. The monoisotopic (exact) mass is 219 g/mol. The van der Waals surface area contributed by atoms with Crippen molar-refractivity contribution in [2.24, 2.45) is 5.73 Å². The molecule has 1 fully saturated rings. The van der Waals surface area contributed by atoms with E-state index in [1.807, 2.05) is 0 Å². The summed E-state index contributed by atoms with van der Waals surface area (Å²) in [5.74, 6) is 0. The molecule has 2 aliphatic rings. The van der Waals surface area contributed by atoms with Gasteiger partial charge in [-0.1, -0.05) is 19.3 Å². The zero-order valence-electron chi connectivity index (χ0n) is 9.91. The van der Waals surface area contributed by atoms with Crippen molar-refractivity contribution < 1.29 is 0 Å². The Balaban J connectivity index is 1.94. The van der Waals surface area contributed by atoms with Crippen LogP contribution in [0.1, 0.15) is 61.5 Å². The maximum absolute atomic E-state index is 5.79. The third-order valence-electron chi connectivity index (χ3n) is 4.16. The molecular formula is C13H21N3. The Labute approximate surface area is 97.0 Å². The molecule has 0 saturated heterocycles. The van der Waals surface area contributed by atoms with E-state index in [9.17, 15) is 0 Å². The SMILES string of the molecule is NCc1nn(C2CCCCC2)c2c1CCC2. The fourth-order valence-electron chi connectivity index (χ4n) is 3.33. The molecule has 3 heteroatoms. The lowest BCUT2D eigenvalue weighted by atomic mass is 9.95. The second-order valence-electron chi connectivity index (χ2n) is 5.17. The highest BCUT2D eigenvalue weighted by atomic mass is 15.3. The van der Waals surface area contributed by atoms with Crippen LogP contribution in [0.5, 0.6) is 0 Å². The van der Waals surface area contributed by atoms with E-state index in [0.29, 0.717) is 12.6 Å². The quantitative estimate of drug-likeness (QED) is 0.829. The highest BCUT2D eigenvalue weighted by Crippen LogP contribution is 2.33. The third kappa shape index (κ3) is 1.58. The van der Waals surface area contributed by atoms with Crippen molar-refractivity contribution >= 4 is 0 Å². The van der Waals surface area contributed by atoms with Crippen LogP contribution in [0.15, 0.2) is 0 Å². The van der Waals surface area contributed by atoms with Crippen LogP contribution in [-0.4, -0.2) is 9.78 Å². The number of hydrogen-bond acceptors (Lipinski definition) is 2. The molecule has 3 rings (SSSR count). The molecule has 2 N–H and O–H groups in total. The van der Waals surface area contributed by atoms with Gasteiger partial charge in [0.15, 0.2) is 0 Å². The van der Waals surface area contributed by atoms with Crippen LogP contribution in [0, 0.1) is 0 Å². The molecule has 2 aliphatic carbocycles. The first-order chi connectivity index (χ1) is 7.90. The second-order valence-corrected chi connectivity index (χ2v) is 5.17. The average Bonchev–Trinajstić information content (AvgIpc) is 2.91. The molecule has 0 bridgehead atoms. The average molecular weight is 219 g/mol.